The Labute approximate surface area is 98.0 Å². The van der Waals surface area contributed by atoms with Crippen LogP contribution in [0.3, 0.4) is 0 Å². The van der Waals surface area contributed by atoms with Crippen LogP contribution < -0.4 is 5.32 Å². The predicted octanol–water partition coefficient (Wildman–Crippen LogP) is 1.59. The van der Waals surface area contributed by atoms with Gasteiger partial charge in [0.1, 0.15) is 0 Å². The first kappa shape index (κ1) is 14.8. The standard InChI is InChI=1S/C11H24N2OS/c1-4-13(5-2)11(14)10-12-8-6-7-9-15-3/h12H,4-10H2,1-3H3. The van der Waals surface area contributed by atoms with E-state index in [2.05, 4.69) is 11.6 Å². The molecule has 0 unspecified atom stereocenters. The molecule has 90 valence electrons. The molecule has 0 rings (SSSR count). The number of carbonyl (C=O) groups excluding carboxylic acids is 1. The summed E-state index contributed by atoms with van der Waals surface area (Å²) in [6.07, 6.45) is 4.51. The van der Waals surface area contributed by atoms with E-state index in [1.54, 1.807) is 0 Å². The number of unbranched alkanes of at least 4 members (excludes halogenated alkanes) is 1. The van der Waals surface area contributed by atoms with Gasteiger partial charge in [-0.3, -0.25) is 4.79 Å². The van der Waals surface area contributed by atoms with Gasteiger partial charge in [0.2, 0.25) is 5.91 Å². The summed E-state index contributed by atoms with van der Waals surface area (Å²) in [6, 6.07) is 0. The molecule has 0 fully saturated rings. The number of nitrogens with zero attached hydrogens (tertiary/aromatic N) is 1. The van der Waals surface area contributed by atoms with Crippen LogP contribution in [0.2, 0.25) is 0 Å². The van der Waals surface area contributed by atoms with Gasteiger partial charge in [0.05, 0.1) is 6.54 Å². The maximum atomic E-state index is 11.6. The first-order valence-electron chi connectivity index (χ1n) is 5.73. The Morgan fingerprint density at radius 3 is 2.47 bits per heavy atom. The summed E-state index contributed by atoms with van der Waals surface area (Å²) in [5, 5.41) is 3.19. The van der Waals surface area contributed by atoms with Crippen LogP contribution in [0.1, 0.15) is 26.7 Å². The number of hydrogen-bond acceptors (Lipinski definition) is 3. The minimum Gasteiger partial charge on any atom is -0.342 e. The highest BCUT2D eigenvalue weighted by Gasteiger charge is 2.07. The third kappa shape index (κ3) is 7.68. The summed E-state index contributed by atoms with van der Waals surface area (Å²) >= 11 is 1.88. The van der Waals surface area contributed by atoms with Crippen LogP contribution in [0.5, 0.6) is 0 Å². The smallest absolute Gasteiger partial charge is 0.236 e. The van der Waals surface area contributed by atoms with Gasteiger partial charge in [-0.05, 0) is 45.2 Å². The molecule has 0 aromatic rings. The van der Waals surface area contributed by atoms with E-state index < -0.39 is 0 Å². The van der Waals surface area contributed by atoms with Gasteiger partial charge in [0.25, 0.3) is 0 Å². The molecule has 0 bridgehead atoms. The summed E-state index contributed by atoms with van der Waals surface area (Å²) in [4.78, 5) is 13.4. The number of likely N-dealkylation sites (N-methyl/N-ethyl adjacent to an activating group) is 1. The Morgan fingerprint density at radius 1 is 1.27 bits per heavy atom. The molecule has 1 amide bonds. The second-order valence-electron chi connectivity index (χ2n) is 3.44. The monoisotopic (exact) mass is 232 g/mol. The van der Waals surface area contributed by atoms with E-state index in [0.29, 0.717) is 6.54 Å². The molecule has 0 aliphatic carbocycles. The van der Waals surface area contributed by atoms with Crippen molar-refractivity contribution in [1.29, 1.82) is 0 Å². The topological polar surface area (TPSA) is 32.3 Å². The normalized spacial score (nSPS) is 10.3. The molecule has 0 spiro atoms. The first-order valence-corrected chi connectivity index (χ1v) is 7.13. The average molecular weight is 232 g/mol. The Morgan fingerprint density at radius 2 is 1.93 bits per heavy atom. The molecule has 0 atom stereocenters. The maximum Gasteiger partial charge on any atom is 0.236 e. The Bertz CT molecular complexity index is 161. The number of nitrogens with one attached hydrogen (secondary N) is 1. The molecule has 1 N–H and O–H groups in total. The number of hydrogen-bond donors (Lipinski definition) is 1. The lowest BCUT2D eigenvalue weighted by Crippen LogP contribution is -2.38. The van der Waals surface area contributed by atoms with Gasteiger partial charge in [-0.2, -0.15) is 11.8 Å². The van der Waals surface area contributed by atoms with Crippen molar-refractivity contribution >= 4 is 17.7 Å². The van der Waals surface area contributed by atoms with Crippen LogP contribution in [-0.2, 0) is 4.79 Å². The molecule has 3 nitrogen and oxygen atoms in total. The maximum absolute atomic E-state index is 11.6. The molecule has 0 aliphatic rings. The number of carbonyl (C=O) groups is 1. The largest absolute Gasteiger partial charge is 0.342 e. The third-order valence-electron chi connectivity index (χ3n) is 2.34. The Kier molecular flexibility index (Phi) is 10.2. The fourth-order valence-electron chi connectivity index (χ4n) is 1.38. The van der Waals surface area contributed by atoms with Gasteiger partial charge in [0.15, 0.2) is 0 Å². The molecular formula is C11H24N2OS. The van der Waals surface area contributed by atoms with Crippen LogP contribution in [0.15, 0.2) is 0 Å². The van der Waals surface area contributed by atoms with Gasteiger partial charge < -0.3 is 10.2 Å². The van der Waals surface area contributed by atoms with Gasteiger partial charge >= 0.3 is 0 Å². The van der Waals surface area contributed by atoms with Crippen molar-refractivity contribution in [3.63, 3.8) is 0 Å². The minimum atomic E-state index is 0.213. The van der Waals surface area contributed by atoms with Crippen molar-refractivity contribution in [2.75, 3.05) is 38.2 Å². The van der Waals surface area contributed by atoms with Crippen LogP contribution in [-0.4, -0.2) is 49.0 Å². The van der Waals surface area contributed by atoms with Crippen molar-refractivity contribution in [3.05, 3.63) is 0 Å². The lowest BCUT2D eigenvalue weighted by molar-refractivity contribution is -0.129. The lowest BCUT2D eigenvalue weighted by Gasteiger charge is -2.18. The van der Waals surface area contributed by atoms with Gasteiger partial charge in [-0.15, -0.1) is 0 Å². The quantitative estimate of drug-likeness (QED) is 0.613. The average Bonchev–Trinajstić information content (AvgIpc) is 2.25. The Balaban J connectivity index is 3.38. The molecule has 15 heavy (non-hydrogen) atoms. The van der Waals surface area contributed by atoms with E-state index in [1.165, 1.54) is 12.2 Å². The van der Waals surface area contributed by atoms with Crippen LogP contribution >= 0.6 is 11.8 Å². The molecule has 4 heteroatoms. The van der Waals surface area contributed by atoms with Crippen molar-refractivity contribution in [1.82, 2.24) is 10.2 Å². The van der Waals surface area contributed by atoms with E-state index in [0.717, 1.165) is 26.1 Å². The van der Waals surface area contributed by atoms with Crippen LogP contribution in [0.4, 0.5) is 0 Å². The first-order chi connectivity index (χ1) is 7.26. The zero-order valence-corrected chi connectivity index (χ0v) is 11.0. The van der Waals surface area contributed by atoms with Gasteiger partial charge in [-0.1, -0.05) is 0 Å². The van der Waals surface area contributed by atoms with Gasteiger partial charge in [-0.25, -0.2) is 0 Å². The summed E-state index contributed by atoms with van der Waals surface area (Å²) in [6.45, 7) is 7.08. The number of rotatable bonds is 9. The summed E-state index contributed by atoms with van der Waals surface area (Å²) in [7, 11) is 0. The molecule has 0 radical (unpaired) electrons. The SMILES string of the molecule is CCN(CC)C(=O)CNCCCCSC. The molecular weight excluding hydrogens is 208 g/mol. The van der Waals surface area contributed by atoms with E-state index in [-0.39, 0.29) is 5.91 Å². The van der Waals surface area contributed by atoms with Gasteiger partial charge in [0, 0.05) is 13.1 Å². The van der Waals surface area contributed by atoms with Crippen molar-refractivity contribution in [2.45, 2.75) is 26.7 Å². The summed E-state index contributed by atoms with van der Waals surface area (Å²) < 4.78 is 0. The molecule has 0 heterocycles. The fourth-order valence-corrected chi connectivity index (χ4v) is 1.87. The zero-order valence-electron chi connectivity index (χ0n) is 10.2. The molecule has 0 aromatic carbocycles. The molecule has 0 aromatic heterocycles. The fraction of sp³-hybridized carbons (Fsp3) is 0.909. The van der Waals surface area contributed by atoms with Crippen molar-refractivity contribution in [2.24, 2.45) is 0 Å². The summed E-state index contributed by atoms with van der Waals surface area (Å²) in [5.41, 5.74) is 0. The second kappa shape index (κ2) is 10.3. The van der Waals surface area contributed by atoms with Crippen LogP contribution in [0.25, 0.3) is 0 Å². The molecule has 0 aliphatic heterocycles. The highest BCUT2D eigenvalue weighted by atomic mass is 32.2. The molecule has 0 saturated heterocycles. The van der Waals surface area contributed by atoms with Crippen molar-refractivity contribution in [3.8, 4) is 0 Å². The number of amides is 1. The third-order valence-corrected chi connectivity index (χ3v) is 3.04. The zero-order chi connectivity index (χ0) is 11.5. The number of thioether (sulfide) groups is 1. The predicted molar refractivity (Wildman–Crippen MR) is 68.4 cm³/mol. The molecule has 0 saturated carbocycles. The van der Waals surface area contributed by atoms with E-state index in [1.807, 2.05) is 30.5 Å². The Hall–Kier alpha value is -0.220. The van der Waals surface area contributed by atoms with E-state index in [9.17, 15) is 4.79 Å². The van der Waals surface area contributed by atoms with E-state index in [4.69, 9.17) is 0 Å². The highest BCUT2D eigenvalue weighted by molar-refractivity contribution is 7.98. The van der Waals surface area contributed by atoms with E-state index >= 15 is 0 Å². The second-order valence-corrected chi connectivity index (χ2v) is 4.43. The van der Waals surface area contributed by atoms with Crippen LogP contribution in [0, 0.1) is 0 Å². The minimum absolute atomic E-state index is 0.213. The highest BCUT2D eigenvalue weighted by Crippen LogP contribution is 1.97. The van der Waals surface area contributed by atoms with Crippen molar-refractivity contribution < 1.29 is 4.79 Å². The lowest BCUT2D eigenvalue weighted by atomic mass is 10.3. The summed E-state index contributed by atoms with van der Waals surface area (Å²) in [5.74, 6) is 1.43.